The zero-order valence-electron chi connectivity index (χ0n) is 13.2. The molecule has 1 heterocycles. The van der Waals surface area contributed by atoms with Gasteiger partial charge in [-0.05, 0) is 38.5 Å². The zero-order chi connectivity index (χ0) is 16.1. The highest BCUT2D eigenvalue weighted by Gasteiger charge is 2.35. The van der Waals surface area contributed by atoms with Gasteiger partial charge in [0.15, 0.2) is 0 Å². The van der Waals surface area contributed by atoms with E-state index in [-0.39, 0.29) is 24.4 Å². The number of piperidine rings is 1. The van der Waals surface area contributed by atoms with Gasteiger partial charge < -0.3 is 15.3 Å². The third-order valence-electron chi connectivity index (χ3n) is 5.01. The highest BCUT2D eigenvalue weighted by atomic mass is 16.4. The predicted octanol–water partition coefficient (Wildman–Crippen LogP) is 1.39. The monoisotopic (exact) mass is 310 g/mol. The number of hydrogen-bond donors (Lipinski definition) is 2. The Balaban J connectivity index is 1.78. The molecule has 1 aliphatic carbocycles. The van der Waals surface area contributed by atoms with Crippen molar-refractivity contribution in [1.29, 1.82) is 0 Å². The summed E-state index contributed by atoms with van der Waals surface area (Å²) >= 11 is 0. The smallest absolute Gasteiger partial charge is 0.308 e. The van der Waals surface area contributed by atoms with Gasteiger partial charge in [-0.3, -0.25) is 14.4 Å². The molecular weight excluding hydrogens is 284 g/mol. The summed E-state index contributed by atoms with van der Waals surface area (Å²) in [6.07, 6.45) is 6.39. The van der Waals surface area contributed by atoms with Crippen molar-refractivity contribution >= 4 is 17.8 Å². The minimum atomic E-state index is -0.852. The molecule has 2 aliphatic rings. The van der Waals surface area contributed by atoms with Crippen molar-refractivity contribution in [3.8, 4) is 0 Å². The van der Waals surface area contributed by atoms with Crippen LogP contribution in [0.15, 0.2) is 0 Å². The van der Waals surface area contributed by atoms with Crippen molar-refractivity contribution in [2.75, 3.05) is 13.1 Å². The highest BCUT2D eigenvalue weighted by Crippen LogP contribution is 2.27. The standard InChI is InChI=1S/C16H26N2O4/c1-11-13(16(21)22)7-4-8-18(11)15(20)10-17-14(19)9-12-5-2-3-6-12/h11-13H,2-10H2,1H3,(H,17,19)(H,21,22)/t11-,13-/m1/s1. The number of rotatable bonds is 5. The third-order valence-corrected chi connectivity index (χ3v) is 5.01. The molecule has 0 spiro atoms. The average molecular weight is 310 g/mol. The Morgan fingerprint density at radius 2 is 1.82 bits per heavy atom. The Labute approximate surface area is 131 Å². The Morgan fingerprint density at radius 1 is 1.14 bits per heavy atom. The Hall–Kier alpha value is -1.59. The van der Waals surface area contributed by atoms with Gasteiger partial charge in [-0.15, -0.1) is 0 Å². The van der Waals surface area contributed by atoms with Crippen LogP contribution in [0.25, 0.3) is 0 Å². The average Bonchev–Trinajstić information content (AvgIpc) is 2.97. The van der Waals surface area contributed by atoms with E-state index in [1.165, 1.54) is 12.8 Å². The van der Waals surface area contributed by atoms with Gasteiger partial charge in [0.2, 0.25) is 11.8 Å². The Morgan fingerprint density at radius 3 is 2.45 bits per heavy atom. The first-order valence-corrected chi connectivity index (χ1v) is 8.28. The van der Waals surface area contributed by atoms with Crippen LogP contribution in [0, 0.1) is 11.8 Å². The molecule has 0 aromatic rings. The van der Waals surface area contributed by atoms with Crippen molar-refractivity contribution in [3.63, 3.8) is 0 Å². The molecule has 1 aliphatic heterocycles. The maximum atomic E-state index is 12.2. The van der Waals surface area contributed by atoms with E-state index in [0.29, 0.717) is 31.7 Å². The first-order valence-electron chi connectivity index (χ1n) is 8.28. The topological polar surface area (TPSA) is 86.7 Å². The van der Waals surface area contributed by atoms with E-state index in [1.807, 2.05) is 0 Å². The number of nitrogens with zero attached hydrogens (tertiary/aromatic N) is 1. The van der Waals surface area contributed by atoms with Gasteiger partial charge in [-0.1, -0.05) is 12.8 Å². The lowest BCUT2D eigenvalue weighted by atomic mass is 9.90. The third kappa shape index (κ3) is 4.21. The highest BCUT2D eigenvalue weighted by molar-refractivity contribution is 5.85. The molecule has 6 nitrogen and oxygen atoms in total. The molecule has 0 aromatic heterocycles. The first kappa shape index (κ1) is 16.8. The first-order chi connectivity index (χ1) is 10.5. The quantitative estimate of drug-likeness (QED) is 0.803. The van der Waals surface area contributed by atoms with Crippen molar-refractivity contribution in [2.24, 2.45) is 11.8 Å². The van der Waals surface area contributed by atoms with Crippen LogP contribution in [0.2, 0.25) is 0 Å². The number of aliphatic carboxylic acids is 1. The summed E-state index contributed by atoms with van der Waals surface area (Å²) in [7, 11) is 0. The lowest BCUT2D eigenvalue weighted by molar-refractivity contribution is -0.149. The van der Waals surface area contributed by atoms with Crippen LogP contribution in [0.4, 0.5) is 0 Å². The maximum absolute atomic E-state index is 12.2. The molecule has 0 bridgehead atoms. The van der Waals surface area contributed by atoms with Gasteiger partial charge in [0.1, 0.15) is 0 Å². The van der Waals surface area contributed by atoms with E-state index in [0.717, 1.165) is 12.8 Å². The van der Waals surface area contributed by atoms with Crippen LogP contribution in [0.5, 0.6) is 0 Å². The van der Waals surface area contributed by atoms with Crippen LogP contribution >= 0.6 is 0 Å². The Kier molecular flexibility index (Phi) is 5.80. The molecule has 0 aromatic carbocycles. The molecule has 124 valence electrons. The lowest BCUT2D eigenvalue weighted by Gasteiger charge is -2.37. The molecule has 1 saturated heterocycles. The minimum Gasteiger partial charge on any atom is -0.481 e. The molecule has 0 radical (unpaired) electrons. The van der Waals surface area contributed by atoms with E-state index < -0.39 is 11.9 Å². The van der Waals surface area contributed by atoms with Gasteiger partial charge >= 0.3 is 5.97 Å². The fourth-order valence-electron chi connectivity index (χ4n) is 3.65. The lowest BCUT2D eigenvalue weighted by Crippen LogP contribution is -2.52. The molecule has 22 heavy (non-hydrogen) atoms. The summed E-state index contributed by atoms with van der Waals surface area (Å²) in [5.74, 6) is -1.15. The number of carboxylic acid groups (broad SMARTS) is 1. The summed E-state index contributed by atoms with van der Waals surface area (Å²) in [5, 5.41) is 11.9. The van der Waals surface area contributed by atoms with Crippen LogP contribution in [0.3, 0.4) is 0 Å². The number of hydrogen-bond acceptors (Lipinski definition) is 3. The van der Waals surface area contributed by atoms with E-state index in [4.69, 9.17) is 0 Å². The van der Waals surface area contributed by atoms with Crippen LogP contribution in [0.1, 0.15) is 51.9 Å². The van der Waals surface area contributed by atoms with Crippen molar-refractivity contribution in [1.82, 2.24) is 10.2 Å². The largest absolute Gasteiger partial charge is 0.481 e. The van der Waals surface area contributed by atoms with E-state index >= 15 is 0 Å². The van der Waals surface area contributed by atoms with Crippen molar-refractivity contribution < 1.29 is 19.5 Å². The summed E-state index contributed by atoms with van der Waals surface area (Å²) in [5.41, 5.74) is 0. The van der Waals surface area contributed by atoms with Gasteiger partial charge in [0.05, 0.1) is 12.5 Å². The van der Waals surface area contributed by atoms with Gasteiger partial charge in [0, 0.05) is 19.0 Å². The second kappa shape index (κ2) is 7.61. The normalized spacial score (nSPS) is 26.0. The Bertz CT molecular complexity index is 432. The van der Waals surface area contributed by atoms with E-state index in [9.17, 15) is 19.5 Å². The molecular formula is C16H26N2O4. The fraction of sp³-hybridized carbons (Fsp3) is 0.812. The number of carboxylic acids is 1. The van der Waals surface area contributed by atoms with Gasteiger partial charge in [0.25, 0.3) is 0 Å². The van der Waals surface area contributed by atoms with Crippen LogP contribution in [-0.4, -0.2) is 46.9 Å². The fourth-order valence-corrected chi connectivity index (χ4v) is 3.65. The zero-order valence-corrected chi connectivity index (χ0v) is 13.2. The molecule has 0 unspecified atom stereocenters. The number of carbonyl (C=O) groups excluding carboxylic acids is 2. The summed E-state index contributed by atoms with van der Waals surface area (Å²) in [6, 6.07) is -0.314. The van der Waals surface area contributed by atoms with Crippen molar-refractivity contribution in [3.05, 3.63) is 0 Å². The summed E-state index contributed by atoms with van der Waals surface area (Å²) in [4.78, 5) is 36.9. The van der Waals surface area contributed by atoms with E-state index in [1.54, 1.807) is 11.8 Å². The van der Waals surface area contributed by atoms with Crippen molar-refractivity contribution in [2.45, 2.75) is 57.9 Å². The molecule has 2 amide bonds. The number of nitrogens with one attached hydrogen (secondary N) is 1. The van der Waals surface area contributed by atoms with E-state index in [2.05, 4.69) is 5.32 Å². The summed E-state index contributed by atoms with van der Waals surface area (Å²) in [6.45, 7) is 2.32. The van der Waals surface area contributed by atoms with Crippen LogP contribution in [-0.2, 0) is 14.4 Å². The van der Waals surface area contributed by atoms with Gasteiger partial charge in [-0.25, -0.2) is 0 Å². The molecule has 1 saturated carbocycles. The molecule has 6 heteroatoms. The SMILES string of the molecule is C[C@@H]1[C@H](C(=O)O)CCCN1C(=O)CNC(=O)CC1CCCC1. The second-order valence-electron chi connectivity index (χ2n) is 6.55. The second-order valence-corrected chi connectivity index (χ2v) is 6.55. The molecule has 2 rings (SSSR count). The number of amides is 2. The summed E-state index contributed by atoms with van der Waals surface area (Å²) < 4.78 is 0. The van der Waals surface area contributed by atoms with Gasteiger partial charge in [-0.2, -0.15) is 0 Å². The minimum absolute atomic E-state index is 0.0256. The van der Waals surface area contributed by atoms with Crippen LogP contribution < -0.4 is 5.32 Å². The number of likely N-dealkylation sites (tertiary alicyclic amines) is 1. The molecule has 2 atom stereocenters. The predicted molar refractivity (Wildman–Crippen MR) is 81.1 cm³/mol. The molecule has 2 N–H and O–H groups in total. The maximum Gasteiger partial charge on any atom is 0.308 e. The number of carbonyl (C=O) groups is 3. The molecule has 2 fully saturated rings.